The molecule has 4 heteroatoms. The number of nitrogens with zero attached hydrogens (tertiary/aromatic N) is 1. The van der Waals surface area contributed by atoms with E-state index in [0.29, 0.717) is 18.7 Å². The fourth-order valence-electron chi connectivity index (χ4n) is 3.99. The van der Waals surface area contributed by atoms with E-state index < -0.39 is 0 Å². The molecular formula is C21H22FNO2. The predicted octanol–water partition coefficient (Wildman–Crippen LogP) is 4.28. The molecule has 4 rings (SSSR count). The Morgan fingerprint density at radius 2 is 1.84 bits per heavy atom. The van der Waals surface area contributed by atoms with Crippen LogP contribution in [0.25, 0.3) is 11.1 Å². The van der Waals surface area contributed by atoms with Crippen LogP contribution in [-0.2, 0) is 4.74 Å². The van der Waals surface area contributed by atoms with Crippen LogP contribution in [0.4, 0.5) is 4.39 Å². The zero-order valence-corrected chi connectivity index (χ0v) is 14.2. The van der Waals surface area contributed by atoms with Gasteiger partial charge in [0.2, 0.25) is 0 Å². The van der Waals surface area contributed by atoms with Gasteiger partial charge in [-0.25, -0.2) is 4.39 Å². The molecule has 0 bridgehead atoms. The molecule has 0 aromatic heterocycles. The number of carbonyl (C=O) groups is 1. The highest BCUT2D eigenvalue weighted by molar-refractivity contribution is 5.95. The summed E-state index contributed by atoms with van der Waals surface area (Å²) in [5.74, 6) is -0.184. The SMILES string of the molecule is O=C(c1cccc(-c2ccc(F)cc2)c1)N1CCOC2CCCCC21. The maximum Gasteiger partial charge on any atom is 0.254 e. The maximum absolute atomic E-state index is 13.1. The number of ether oxygens (including phenoxy) is 1. The van der Waals surface area contributed by atoms with Crippen molar-refractivity contribution in [3.05, 3.63) is 59.9 Å². The molecule has 0 spiro atoms. The summed E-state index contributed by atoms with van der Waals surface area (Å²) in [6.45, 7) is 1.27. The largest absolute Gasteiger partial charge is 0.374 e. The molecule has 0 radical (unpaired) electrons. The van der Waals surface area contributed by atoms with Gasteiger partial charge in [0.1, 0.15) is 5.82 Å². The van der Waals surface area contributed by atoms with Crippen molar-refractivity contribution < 1.29 is 13.9 Å². The van der Waals surface area contributed by atoms with Crippen molar-refractivity contribution in [2.45, 2.75) is 37.8 Å². The summed E-state index contributed by atoms with van der Waals surface area (Å²) in [6, 6.07) is 14.2. The van der Waals surface area contributed by atoms with Gasteiger partial charge < -0.3 is 9.64 Å². The van der Waals surface area contributed by atoms with E-state index in [1.54, 1.807) is 12.1 Å². The van der Waals surface area contributed by atoms with E-state index in [2.05, 4.69) is 0 Å². The van der Waals surface area contributed by atoms with Gasteiger partial charge in [-0.1, -0.05) is 37.1 Å². The molecule has 2 aliphatic rings. The van der Waals surface area contributed by atoms with Crippen LogP contribution in [0, 0.1) is 5.82 Å². The molecule has 2 atom stereocenters. The predicted molar refractivity (Wildman–Crippen MR) is 94.9 cm³/mol. The first kappa shape index (κ1) is 16.3. The summed E-state index contributed by atoms with van der Waals surface area (Å²) in [5.41, 5.74) is 2.53. The fourth-order valence-corrected chi connectivity index (χ4v) is 3.99. The first-order valence-corrected chi connectivity index (χ1v) is 9.01. The van der Waals surface area contributed by atoms with E-state index in [1.165, 1.54) is 18.6 Å². The number of amides is 1. The summed E-state index contributed by atoms with van der Waals surface area (Å²) >= 11 is 0. The second-order valence-corrected chi connectivity index (χ2v) is 6.85. The molecule has 25 heavy (non-hydrogen) atoms. The van der Waals surface area contributed by atoms with Gasteiger partial charge in [-0.15, -0.1) is 0 Å². The first-order chi connectivity index (χ1) is 12.2. The minimum Gasteiger partial charge on any atom is -0.374 e. The summed E-state index contributed by atoms with van der Waals surface area (Å²) in [7, 11) is 0. The average Bonchev–Trinajstić information content (AvgIpc) is 2.68. The van der Waals surface area contributed by atoms with Gasteiger partial charge in [0.25, 0.3) is 5.91 Å². The van der Waals surface area contributed by atoms with E-state index in [-0.39, 0.29) is 23.9 Å². The Bertz CT molecular complexity index is 757. The zero-order valence-electron chi connectivity index (χ0n) is 14.2. The van der Waals surface area contributed by atoms with Crippen LogP contribution in [0.2, 0.25) is 0 Å². The lowest BCUT2D eigenvalue weighted by atomic mass is 9.89. The molecule has 2 aromatic carbocycles. The number of fused-ring (bicyclic) bond motifs is 1. The molecule has 2 unspecified atom stereocenters. The second-order valence-electron chi connectivity index (χ2n) is 6.85. The van der Waals surface area contributed by atoms with Crippen LogP contribution in [0.15, 0.2) is 48.5 Å². The Labute approximate surface area is 147 Å². The lowest BCUT2D eigenvalue weighted by molar-refractivity contribution is -0.0752. The smallest absolute Gasteiger partial charge is 0.254 e. The number of morpholine rings is 1. The Balaban J connectivity index is 1.59. The quantitative estimate of drug-likeness (QED) is 0.817. The number of hydrogen-bond donors (Lipinski definition) is 0. The van der Waals surface area contributed by atoms with Gasteiger partial charge in [0, 0.05) is 12.1 Å². The molecule has 1 saturated heterocycles. The second kappa shape index (κ2) is 6.96. The number of hydrogen-bond acceptors (Lipinski definition) is 2. The van der Waals surface area contributed by atoms with Crippen LogP contribution in [0.3, 0.4) is 0 Å². The topological polar surface area (TPSA) is 29.5 Å². The van der Waals surface area contributed by atoms with E-state index in [1.807, 2.05) is 29.2 Å². The van der Waals surface area contributed by atoms with E-state index in [4.69, 9.17) is 4.74 Å². The lowest BCUT2D eigenvalue weighted by Gasteiger charge is -2.43. The Kier molecular flexibility index (Phi) is 4.53. The molecule has 1 amide bonds. The minimum absolute atomic E-state index is 0.0733. The van der Waals surface area contributed by atoms with Crippen LogP contribution >= 0.6 is 0 Å². The van der Waals surface area contributed by atoms with Gasteiger partial charge in [-0.05, 0) is 48.2 Å². The molecule has 0 N–H and O–H groups in total. The monoisotopic (exact) mass is 339 g/mol. The standard InChI is InChI=1S/C21H22FNO2/c22-18-10-8-15(9-11-18)16-4-3-5-17(14-16)21(24)23-12-13-25-20-7-2-1-6-19(20)23/h3-5,8-11,14,19-20H,1-2,6-7,12-13H2. The number of benzene rings is 2. The summed E-state index contributed by atoms with van der Waals surface area (Å²) < 4.78 is 19.0. The van der Waals surface area contributed by atoms with Crippen LogP contribution < -0.4 is 0 Å². The highest BCUT2D eigenvalue weighted by atomic mass is 19.1. The van der Waals surface area contributed by atoms with E-state index >= 15 is 0 Å². The number of halogens is 1. The summed E-state index contributed by atoms with van der Waals surface area (Å²) in [5, 5.41) is 0. The van der Waals surface area contributed by atoms with Crippen molar-refractivity contribution >= 4 is 5.91 Å². The molecule has 2 aromatic rings. The molecule has 130 valence electrons. The number of carbonyl (C=O) groups excluding carboxylic acids is 1. The van der Waals surface area contributed by atoms with Gasteiger partial charge in [-0.3, -0.25) is 4.79 Å². The van der Waals surface area contributed by atoms with Crippen molar-refractivity contribution in [3.8, 4) is 11.1 Å². The third-order valence-electron chi connectivity index (χ3n) is 5.28. The molecular weight excluding hydrogens is 317 g/mol. The Morgan fingerprint density at radius 3 is 2.68 bits per heavy atom. The molecule has 1 saturated carbocycles. The van der Waals surface area contributed by atoms with E-state index in [9.17, 15) is 9.18 Å². The van der Waals surface area contributed by atoms with Crippen molar-refractivity contribution in [3.63, 3.8) is 0 Å². The van der Waals surface area contributed by atoms with Crippen molar-refractivity contribution in [1.82, 2.24) is 4.90 Å². The maximum atomic E-state index is 13.1. The summed E-state index contributed by atoms with van der Waals surface area (Å²) in [4.78, 5) is 15.1. The molecule has 1 aliphatic heterocycles. The van der Waals surface area contributed by atoms with Crippen molar-refractivity contribution in [2.75, 3.05) is 13.2 Å². The Hall–Kier alpha value is -2.20. The first-order valence-electron chi connectivity index (χ1n) is 9.01. The normalized spacial score (nSPS) is 23.2. The lowest BCUT2D eigenvalue weighted by Crippen LogP contribution is -2.54. The van der Waals surface area contributed by atoms with Gasteiger partial charge in [0.15, 0.2) is 0 Å². The van der Waals surface area contributed by atoms with Crippen LogP contribution in [-0.4, -0.2) is 36.1 Å². The van der Waals surface area contributed by atoms with Gasteiger partial charge in [0.05, 0.1) is 18.8 Å². The molecule has 1 aliphatic carbocycles. The summed E-state index contributed by atoms with van der Waals surface area (Å²) in [6.07, 6.45) is 4.59. The van der Waals surface area contributed by atoms with Crippen molar-refractivity contribution in [2.24, 2.45) is 0 Å². The third kappa shape index (κ3) is 3.31. The van der Waals surface area contributed by atoms with Gasteiger partial charge >= 0.3 is 0 Å². The average molecular weight is 339 g/mol. The molecule has 3 nitrogen and oxygen atoms in total. The molecule has 2 fully saturated rings. The fraction of sp³-hybridized carbons (Fsp3) is 0.381. The zero-order chi connectivity index (χ0) is 17.2. The van der Waals surface area contributed by atoms with E-state index in [0.717, 1.165) is 30.4 Å². The Morgan fingerprint density at radius 1 is 1.04 bits per heavy atom. The third-order valence-corrected chi connectivity index (χ3v) is 5.28. The highest BCUT2D eigenvalue weighted by Gasteiger charge is 2.36. The minimum atomic E-state index is -0.257. The number of rotatable bonds is 2. The highest BCUT2D eigenvalue weighted by Crippen LogP contribution is 2.30. The van der Waals surface area contributed by atoms with Crippen LogP contribution in [0.5, 0.6) is 0 Å². The van der Waals surface area contributed by atoms with Crippen molar-refractivity contribution in [1.29, 1.82) is 0 Å². The van der Waals surface area contributed by atoms with Crippen LogP contribution in [0.1, 0.15) is 36.0 Å². The van der Waals surface area contributed by atoms with Gasteiger partial charge in [-0.2, -0.15) is 0 Å². The molecule has 1 heterocycles.